The van der Waals surface area contributed by atoms with Crippen molar-refractivity contribution in [3.63, 3.8) is 0 Å². The van der Waals surface area contributed by atoms with Gasteiger partial charge in [0.1, 0.15) is 6.07 Å². The first-order valence-electron chi connectivity index (χ1n) is 5.63. The molecule has 0 N–H and O–H groups in total. The van der Waals surface area contributed by atoms with E-state index >= 15 is 0 Å². The molecule has 2 rings (SSSR count). The molecule has 1 heterocycles. The van der Waals surface area contributed by atoms with Crippen molar-refractivity contribution in [3.8, 4) is 6.07 Å². The van der Waals surface area contributed by atoms with Crippen LogP contribution in [-0.4, -0.2) is 38.1 Å². The SMILES string of the molecule is CN(C)C1CCN(c2ccccc2C#N)C1. The Morgan fingerprint density at radius 2 is 2.12 bits per heavy atom. The lowest BCUT2D eigenvalue weighted by Crippen LogP contribution is -2.31. The molecule has 0 aliphatic carbocycles. The molecule has 1 unspecified atom stereocenters. The fourth-order valence-electron chi connectivity index (χ4n) is 2.23. The first-order valence-corrected chi connectivity index (χ1v) is 5.63. The van der Waals surface area contributed by atoms with Crippen LogP contribution in [0.4, 0.5) is 5.69 Å². The smallest absolute Gasteiger partial charge is 0.101 e. The van der Waals surface area contributed by atoms with Crippen LogP contribution in [0.1, 0.15) is 12.0 Å². The summed E-state index contributed by atoms with van der Waals surface area (Å²) in [7, 11) is 4.23. The molecule has 16 heavy (non-hydrogen) atoms. The highest BCUT2D eigenvalue weighted by molar-refractivity contribution is 5.59. The van der Waals surface area contributed by atoms with Crippen molar-refractivity contribution < 1.29 is 0 Å². The first kappa shape index (κ1) is 11.0. The van der Waals surface area contributed by atoms with Crippen molar-refractivity contribution in [1.29, 1.82) is 5.26 Å². The molecule has 84 valence electrons. The minimum absolute atomic E-state index is 0.603. The van der Waals surface area contributed by atoms with Gasteiger partial charge in [-0.25, -0.2) is 0 Å². The molecule has 1 saturated heterocycles. The lowest BCUT2D eigenvalue weighted by Gasteiger charge is -2.22. The number of nitriles is 1. The standard InChI is InChI=1S/C13H17N3/c1-15(2)12-7-8-16(10-12)13-6-4-3-5-11(13)9-14/h3-6,12H,7-8,10H2,1-2H3. The van der Waals surface area contributed by atoms with Gasteiger partial charge in [0.25, 0.3) is 0 Å². The van der Waals surface area contributed by atoms with Crippen molar-refractivity contribution >= 4 is 5.69 Å². The van der Waals surface area contributed by atoms with Crippen molar-refractivity contribution in [2.75, 3.05) is 32.1 Å². The summed E-state index contributed by atoms with van der Waals surface area (Å²) in [4.78, 5) is 4.57. The number of benzene rings is 1. The fourth-order valence-corrected chi connectivity index (χ4v) is 2.23. The van der Waals surface area contributed by atoms with Crippen LogP contribution in [0, 0.1) is 11.3 Å². The molecule has 3 nitrogen and oxygen atoms in total. The summed E-state index contributed by atoms with van der Waals surface area (Å²) < 4.78 is 0. The Hall–Kier alpha value is -1.53. The van der Waals surface area contributed by atoms with E-state index in [0.717, 1.165) is 24.3 Å². The number of likely N-dealkylation sites (N-methyl/N-ethyl adjacent to an activating group) is 1. The highest BCUT2D eigenvalue weighted by atomic mass is 15.2. The molecule has 1 aromatic rings. The molecular formula is C13H17N3. The maximum Gasteiger partial charge on any atom is 0.101 e. The van der Waals surface area contributed by atoms with Crippen molar-refractivity contribution in [1.82, 2.24) is 4.90 Å². The number of rotatable bonds is 2. The number of hydrogen-bond donors (Lipinski definition) is 0. The minimum Gasteiger partial charge on any atom is -0.369 e. The number of para-hydroxylation sites is 1. The van der Waals surface area contributed by atoms with E-state index in [-0.39, 0.29) is 0 Å². The monoisotopic (exact) mass is 215 g/mol. The maximum absolute atomic E-state index is 9.07. The van der Waals surface area contributed by atoms with Gasteiger partial charge >= 0.3 is 0 Å². The highest BCUT2D eigenvalue weighted by Gasteiger charge is 2.25. The van der Waals surface area contributed by atoms with Crippen LogP contribution in [0.15, 0.2) is 24.3 Å². The topological polar surface area (TPSA) is 30.3 Å². The number of nitrogens with zero attached hydrogens (tertiary/aromatic N) is 3. The van der Waals surface area contributed by atoms with Crippen LogP contribution >= 0.6 is 0 Å². The minimum atomic E-state index is 0.603. The molecular weight excluding hydrogens is 198 g/mol. The van der Waals surface area contributed by atoms with Gasteiger partial charge in [0, 0.05) is 19.1 Å². The lowest BCUT2D eigenvalue weighted by atomic mass is 10.2. The van der Waals surface area contributed by atoms with Crippen molar-refractivity contribution in [2.45, 2.75) is 12.5 Å². The van der Waals surface area contributed by atoms with Crippen LogP contribution in [0.3, 0.4) is 0 Å². The Bertz CT molecular complexity index is 406. The molecule has 1 aliphatic heterocycles. The van der Waals surface area contributed by atoms with Crippen molar-refractivity contribution in [2.24, 2.45) is 0 Å². The summed E-state index contributed by atoms with van der Waals surface area (Å²) in [5.74, 6) is 0. The molecule has 0 spiro atoms. The zero-order chi connectivity index (χ0) is 11.5. The van der Waals surface area contributed by atoms with Gasteiger partial charge in [-0.05, 0) is 32.6 Å². The summed E-state index contributed by atoms with van der Waals surface area (Å²) in [6, 6.07) is 10.7. The summed E-state index contributed by atoms with van der Waals surface area (Å²) in [5, 5.41) is 9.07. The van der Waals surface area contributed by atoms with E-state index in [1.54, 1.807) is 0 Å². The molecule has 0 radical (unpaired) electrons. The average Bonchev–Trinajstić information content (AvgIpc) is 2.78. The number of anilines is 1. The van der Waals surface area contributed by atoms with E-state index in [2.05, 4.69) is 30.0 Å². The molecule has 1 aliphatic rings. The normalized spacial score (nSPS) is 20.1. The second-order valence-corrected chi connectivity index (χ2v) is 4.48. The molecule has 0 aromatic heterocycles. The van der Waals surface area contributed by atoms with Gasteiger partial charge in [-0.1, -0.05) is 12.1 Å². The molecule has 0 saturated carbocycles. The van der Waals surface area contributed by atoms with Gasteiger partial charge in [0.15, 0.2) is 0 Å². The van der Waals surface area contributed by atoms with E-state index in [4.69, 9.17) is 5.26 Å². The van der Waals surface area contributed by atoms with Crippen molar-refractivity contribution in [3.05, 3.63) is 29.8 Å². The highest BCUT2D eigenvalue weighted by Crippen LogP contribution is 2.25. The maximum atomic E-state index is 9.07. The predicted molar refractivity (Wildman–Crippen MR) is 65.5 cm³/mol. The second kappa shape index (κ2) is 4.54. The van der Waals surface area contributed by atoms with Gasteiger partial charge in [0.2, 0.25) is 0 Å². The van der Waals surface area contributed by atoms with Gasteiger partial charge in [-0.15, -0.1) is 0 Å². The largest absolute Gasteiger partial charge is 0.369 e. The van der Waals surface area contributed by atoms with Crippen LogP contribution in [-0.2, 0) is 0 Å². The van der Waals surface area contributed by atoms with Crippen LogP contribution in [0.25, 0.3) is 0 Å². The molecule has 3 heteroatoms. The molecule has 0 bridgehead atoms. The Kier molecular flexibility index (Phi) is 3.12. The molecule has 1 fully saturated rings. The second-order valence-electron chi connectivity index (χ2n) is 4.48. The van der Waals surface area contributed by atoms with Gasteiger partial charge < -0.3 is 9.80 Å². The third kappa shape index (κ3) is 2.02. The zero-order valence-electron chi connectivity index (χ0n) is 9.85. The van der Waals surface area contributed by atoms with E-state index in [1.807, 2.05) is 24.3 Å². The third-order valence-corrected chi connectivity index (χ3v) is 3.26. The molecule has 1 aromatic carbocycles. The fraction of sp³-hybridized carbons (Fsp3) is 0.462. The predicted octanol–water partition coefficient (Wildman–Crippen LogP) is 1.70. The van der Waals surface area contributed by atoms with Crippen LogP contribution in [0.2, 0.25) is 0 Å². The van der Waals surface area contributed by atoms with E-state index in [0.29, 0.717) is 6.04 Å². The van der Waals surface area contributed by atoms with Crippen LogP contribution < -0.4 is 4.90 Å². The average molecular weight is 215 g/mol. The van der Waals surface area contributed by atoms with Gasteiger partial charge in [0.05, 0.1) is 11.3 Å². The third-order valence-electron chi connectivity index (χ3n) is 3.26. The Morgan fingerprint density at radius 1 is 1.38 bits per heavy atom. The first-order chi connectivity index (χ1) is 7.72. The molecule has 1 atom stereocenters. The van der Waals surface area contributed by atoms with Gasteiger partial charge in [-0.3, -0.25) is 0 Å². The molecule has 0 amide bonds. The van der Waals surface area contributed by atoms with E-state index in [9.17, 15) is 0 Å². The Morgan fingerprint density at radius 3 is 2.75 bits per heavy atom. The quantitative estimate of drug-likeness (QED) is 0.752. The van der Waals surface area contributed by atoms with E-state index in [1.165, 1.54) is 6.42 Å². The summed E-state index contributed by atoms with van der Waals surface area (Å²) in [6.45, 7) is 2.06. The van der Waals surface area contributed by atoms with Gasteiger partial charge in [-0.2, -0.15) is 5.26 Å². The zero-order valence-corrected chi connectivity index (χ0v) is 9.85. The Labute approximate surface area is 96.9 Å². The number of hydrogen-bond acceptors (Lipinski definition) is 3. The summed E-state index contributed by atoms with van der Waals surface area (Å²) in [5.41, 5.74) is 1.86. The Balaban J connectivity index is 2.18. The van der Waals surface area contributed by atoms with Crippen LogP contribution in [0.5, 0.6) is 0 Å². The lowest BCUT2D eigenvalue weighted by molar-refractivity contribution is 0.315. The summed E-state index contributed by atoms with van der Waals surface area (Å²) >= 11 is 0. The van der Waals surface area contributed by atoms with E-state index < -0.39 is 0 Å². The summed E-state index contributed by atoms with van der Waals surface area (Å²) in [6.07, 6.45) is 1.17.